The fraction of sp³-hybridized carbons (Fsp3) is 0.875. The quantitative estimate of drug-likeness (QED) is 0.574. The third kappa shape index (κ3) is 6.72. The SMILES string of the molecule is CC(C)(CO)CNC(=S)NCCF. The molecule has 0 aromatic rings. The zero-order valence-corrected chi connectivity index (χ0v) is 8.88. The Morgan fingerprint density at radius 1 is 1.46 bits per heavy atom. The van der Waals surface area contributed by atoms with Crippen molar-refractivity contribution >= 4 is 17.3 Å². The van der Waals surface area contributed by atoms with Crippen LogP contribution in [0.5, 0.6) is 0 Å². The van der Waals surface area contributed by atoms with E-state index >= 15 is 0 Å². The number of alkyl halides is 1. The van der Waals surface area contributed by atoms with Crippen LogP contribution < -0.4 is 10.6 Å². The molecule has 0 bridgehead atoms. The van der Waals surface area contributed by atoms with Gasteiger partial charge in [-0.2, -0.15) is 0 Å². The Bertz CT molecular complexity index is 164. The van der Waals surface area contributed by atoms with Gasteiger partial charge in [-0.1, -0.05) is 13.8 Å². The van der Waals surface area contributed by atoms with Gasteiger partial charge in [-0.05, 0) is 12.2 Å². The van der Waals surface area contributed by atoms with Gasteiger partial charge in [0.1, 0.15) is 6.67 Å². The van der Waals surface area contributed by atoms with Crippen molar-refractivity contribution < 1.29 is 9.50 Å². The zero-order valence-electron chi connectivity index (χ0n) is 8.06. The molecular weight excluding hydrogens is 191 g/mol. The van der Waals surface area contributed by atoms with Gasteiger partial charge < -0.3 is 15.7 Å². The smallest absolute Gasteiger partial charge is 0.166 e. The molecule has 0 aromatic carbocycles. The summed E-state index contributed by atoms with van der Waals surface area (Å²) < 4.78 is 11.7. The van der Waals surface area contributed by atoms with E-state index < -0.39 is 6.67 Å². The Labute approximate surface area is 83.7 Å². The average Bonchev–Trinajstić information content (AvgIpc) is 2.11. The number of hydrogen-bond donors (Lipinski definition) is 3. The first-order valence-electron chi connectivity index (χ1n) is 4.20. The standard InChI is InChI=1S/C8H17FN2OS/c1-8(2,6-12)5-11-7(13)10-4-3-9/h12H,3-6H2,1-2H3,(H2,10,11,13). The van der Waals surface area contributed by atoms with Gasteiger partial charge in [0.2, 0.25) is 0 Å². The second kappa shape index (κ2) is 6.10. The van der Waals surface area contributed by atoms with Crippen molar-refractivity contribution in [3.05, 3.63) is 0 Å². The number of nitrogens with one attached hydrogen (secondary N) is 2. The number of aliphatic hydroxyl groups is 1. The first kappa shape index (κ1) is 12.6. The predicted molar refractivity (Wildman–Crippen MR) is 55.4 cm³/mol. The summed E-state index contributed by atoms with van der Waals surface area (Å²) in [5.41, 5.74) is -0.207. The number of halogens is 1. The van der Waals surface area contributed by atoms with Crippen LogP contribution in [-0.2, 0) is 0 Å². The van der Waals surface area contributed by atoms with E-state index in [0.29, 0.717) is 11.7 Å². The Hall–Kier alpha value is -0.420. The molecule has 0 aromatic heterocycles. The Morgan fingerprint density at radius 2 is 2.08 bits per heavy atom. The van der Waals surface area contributed by atoms with Crippen LogP contribution in [0.15, 0.2) is 0 Å². The summed E-state index contributed by atoms with van der Waals surface area (Å²) >= 11 is 4.86. The third-order valence-corrected chi connectivity index (χ3v) is 1.82. The van der Waals surface area contributed by atoms with E-state index in [0.717, 1.165) is 0 Å². The van der Waals surface area contributed by atoms with E-state index in [2.05, 4.69) is 10.6 Å². The fourth-order valence-corrected chi connectivity index (χ4v) is 0.773. The number of thiocarbonyl (C=S) groups is 1. The molecule has 13 heavy (non-hydrogen) atoms. The highest BCUT2D eigenvalue weighted by molar-refractivity contribution is 7.80. The van der Waals surface area contributed by atoms with Crippen LogP contribution in [0, 0.1) is 5.41 Å². The number of rotatable bonds is 5. The van der Waals surface area contributed by atoms with Crippen molar-refractivity contribution in [2.75, 3.05) is 26.4 Å². The molecule has 0 spiro atoms. The van der Waals surface area contributed by atoms with Gasteiger partial charge in [-0.25, -0.2) is 4.39 Å². The van der Waals surface area contributed by atoms with E-state index in [-0.39, 0.29) is 18.6 Å². The van der Waals surface area contributed by atoms with E-state index in [4.69, 9.17) is 17.3 Å². The summed E-state index contributed by atoms with van der Waals surface area (Å²) in [5, 5.41) is 14.9. The van der Waals surface area contributed by atoms with Crippen molar-refractivity contribution in [3.8, 4) is 0 Å². The van der Waals surface area contributed by atoms with Crippen LogP contribution in [-0.4, -0.2) is 36.6 Å². The molecule has 0 amide bonds. The lowest BCUT2D eigenvalue weighted by molar-refractivity contribution is 0.162. The molecule has 0 rings (SSSR count). The van der Waals surface area contributed by atoms with Gasteiger partial charge in [0.25, 0.3) is 0 Å². The minimum absolute atomic E-state index is 0.0890. The van der Waals surface area contributed by atoms with E-state index in [1.807, 2.05) is 13.8 Å². The Balaban J connectivity index is 3.57. The molecule has 0 radical (unpaired) electrons. The van der Waals surface area contributed by atoms with Crippen LogP contribution in [0.4, 0.5) is 4.39 Å². The summed E-state index contributed by atoms with van der Waals surface area (Å²) in [6.45, 7) is 4.28. The highest BCUT2D eigenvalue weighted by atomic mass is 32.1. The topological polar surface area (TPSA) is 44.3 Å². The molecule has 78 valence electrons. The summed E-state index contributed by atoms with van der Waals surface area (Å²) in [5.74, 6) is 0. The minimum Gasteiger partial charge on any atom is -0.396 e. The molecule has 0 fully saturated rings. The minimum atomic E-state index is -0.439. The monoisotopic (exact) mass is 208 g/mol. The highest BCUT2D eigenvalue weighted by Gasteiger charge is 2.16. The lowest BCUT2D eigenvalue weighted by Gasteiger charge is -2.22. The third-order valence-electron chi connectivity index (χ3n) is 1.54. The van der Waals surface area contributed by atoms with E-state index in [9.17, 15) is 4.39 Å². The van der Waals surface area contributed by atoms with E-state index in [1.54, 1.807) is 0 Å². The summed E-state index contributed by atoms with van der Waals surface area (Å²) in [6.07, 6.45) is 0. The van der Waals surface area contributed by atoms with Crippen molar-refractivity contribution in [2.45, 2.75) is 13.8 Å². The van der Waals surface area contributed by atoms with Crippen molar-refractivity contribution in [1.82, 2.24) is 10.6 Å². The van der Waals surface area contributed by atoms with Gasteiger partial charge in [0.05, 0.1) is 0 Å². The number of hydrogen-bond acceptors (Lipinski definition) is 2. The lowest BCUT2D eigenvalue weighted by atomic mass is 9.95. The van der Waals surface area contributed by atoms with E-state index in [1.165, 1.54) is 0 Å². The van der Waals surface area contributed by atoms with Crippen LogP contribution in [0.3, 0.4) is 0 Å². The molecule has 3 N–H and O–H groups in total. The fourth-order valence-electron chi connectivity index (χ4n) is 0.599. The largest absolute Gasteiger partial charge is 0.396 e. The van der Waals surface area contributed by atoms with Crippen LogP contribution in [0.2, 0.25) is 0 Å². The maximum atomic E-state index is 11.7. The number of aliphatic hydroxyl groups excluding tert-OH is 1. The van der Waals surface area contributed by atoms with Gasteiger partial charge in [-0.3, -0.25) is 0 Å². The summed E-state index contributed by atoms with van der Waals surface area (Å²) in [6, 6.07) is 0. The molecule has 0 unspecified atom stereocenters. The first-order valence-corrected chi connectivity index (χ1v) is 4.61. The maximum absolute atomic E-state index is 11.7. The molecule has 0 aliphatic heterocycles. The van der Waals surface area contributed by atoms with Gasteiger partial charge >= 0.3 is 0 Å². The molecule has 0 saturated heterocycles. The summed E-state index contributed by atoms with van der Waals surface area (Å²) in [7, 11) is 0. The molecule has 0 atom stereocenters. The van der Waals surface area contributed by atoms with Crippen LogP contribution in [0.25, 0.3) is 0 Å². The van der Waals surface area contributed by atoms with Crippen LogP contribution in [0.1, 0.15) is 13.8 Å². The molecule has 0 aliphatic carbocycles. The van der Waals surface area contributed by atoms with Crippen molar-refractivity contribution in [2.24, 2.45) is 5.41 Å². The normalized spacial score (nSPS) is 11.1. The Kier molecular flexibility index (Phi) is 5.90. The molecular formula is C8H17FN2OS. The molecule has 0 saturated carbocycles. The van der Waals surface area contributed by atoms with Crippen molar-refractivity contribution in [1.29, 1.82) is 0 Å². The molecule has 0 heterocycles. The van der Waals surface area contributed by atoms with Gasteiger partial charge in [-0.15, -0.1) is 0 Å². The molecule has 0 aliphatic rings. The highest BCUT2D eigenvalue weighted by Crippen LogP contribution is 2.10. The molecule has 3 nitrogen and oxygen atoms in total. The maximum Gasteiger partial charge on any atom is 0.166 e. The molecule has 5 heteroatoms. The second-order valence-electron chi connectivity index (χ2n) is 3.62. The Morgan fingerprint density at radius 3 is 2.54 bits per heavy atom. The zero-order chi connectivity index (χ0) is 10.3. The second-order valence-corrected chi connectivity index (χ2v) is 4.03. The predicted octanol–water partition coefficient (Wildman–Crippen LogP) is 0.439. The van der Waals surface area contributed by atoms with Crippen molar-refractivity contribution in [3.63, 3.8) is 0 Å². The van der Waals surface area contributed by atoms with Gasteiger partial charge in [0.15, 0.2) is 5.11 Å². The lowest BCUT2D eigenvalue weighted by Crippen LogP contribution is -2.42. The van der Waals surface area contributed by atoms with Crippen LogP contribution >= 0.6 is 12.2 Å². The average molecular weight is 208 g/mol. The van der Waals surface area contributed by atoms with Gasteiger partial charge in [0, 0.05) is 25.1 Å². The first-order chi connectivity index (χ1) is 6.02. The summed E-state index contributed by atoms with van der Waals surface area (Å²) in [4.78, 5) is 0.